The zero-order valence-electron chi connectivity index (χ0n) is 10.8. The summed E-state index contributed by atoms with van der Waals surface area (Å²) in [6.45, 7) is 2.08. The van der Waals surface area contributed by atoms with Gasteiger partial charge in [0.05, 0.1) is 0 Å². The number of hydrogen-bond acceptors (Lipinski definition) is 0. The second kappa shape index (κ2) is 7.49. The van der Waals surface area contributed by atoms with Crippen LogP contribution >= 0.6 is 0 Å². The standard InChI is InChI=1S/C7H8.2C5H5.Zr/c1-7-5-3-2-4-6-7;2*1-2-4-5-3-1;/h2-6H,1H3;2*1-3H,4H2;. The maximum Gasteiger partial charge on any atom is -0.0398 e. The van der Waals surface area contributed by atoms with Crippen LogP contribution in [-0.2, 0) is 23.2 Å². The topological polar surface area (TPSA) is 0 Å². The van der Waals surface area contributed by atoms with Gasteiger partial charge in [-0.3, -0.25) is 0 Å². The van der Waals surface area contributed by atoms with Crippen molar-refractivity contribution >= 4 is 0 Å². The third-order valence-corrected chi connectivity index (χ3v) is 6.21. The van der Waals surface area contributed by atoms with Gasteiger partial charge in [-0.15, -0.1) is 0 Å². The Balaban J connectivity index is 0.000000149. The van der Waals surface area contributed by atoms with Gasteiger partial charge in [-0.2, -0.15) is 0 Å². The van der Waals surface area contributed by atoms with Gasteiger partial charge in [-0.25, -0.2) is 0 Å². The quantitative estimate of drug-likeness (QED) is 0.739. The van der Waals surface area contributed by atoms with Crippen molar-refractivity contribution in [1.82, 2.24) is 0 Å². The SMILES string of the molecule is C1=CC[C]([Zr][C]2=CC=CC2)=C1.Cc1ccccc1. The van der Waals surface area contributed by atoms with Gasteiger partial charge in [0, 0.05) is 0 Å². The molecule has 0 nitrogen and oxygen atoms in total. The molecular weight excluding hydrogens is 295 g/mol. The van der Waals surface area contributed by atoms with Crippen molar-refractivity contribution in [3.63, 3.8) is 0 Å². The van der Waals surface area contributed by atoms with Crippen LogP contribution in [-0.4, -0.2) is 0 Å². The van der Waals surface area contributed by atoms with Gasteiger partial charge >= 0.3 is 79.1 Å². The largest absolute Gasteiger partial charge is 0.0622 e. The van der Waals surface area contributed by atoms with Crippen molar-refractivity contribution in [2.45, 2.75) is 19.8 Å². The second-order valence-electron chi connectivity index (χ2n) is 4.43. The first kappa shape index (κ1) is 13.5. The van der Waals surface area contributed by atoms with Crippen LogP contribution in [0.3, 0.4) is 0 Å². The number of rotatable bonds is 2. The summed E-state index contributed by atoms with van der Waals surface area (Å²) in [5.74, 6) is 0. The van der Waals surface area contributed by atoms with Crippen molar-refractivity contribution in [2.75, 3.05) is 0 Å². The van der Waals surface area contributed by atoms with E-state index < -0.39 is 0 Å². The second-order valence-corrected chi connectivity index (χ2v) is 8.20. The first-order valence-corrected chi connectivity index (χ1v) is 8.80. The summed E-state index contributed by atoms with van der Waals surface area (Å²) in [6.07, 6.45) is 16.0. The third-order valence-electron chi connectivity index (χ3n) is 2.80. The molecule has 0 aliphatic heterocycles. The predicted molar refractivity (Wildman–Crippen MR) is 74.9 cm³/mol. The molecule has 1 aromatic rings. The van der Waals surface area contributed by atoms with Crippen LogP contribution < -0.4 is 0 Å². The molecule has 18 heavy (non-hydrogen) atoms. The summed E-state index contributed by atoms with van der Waals surface area (Å²) in [5.41, 5.74) is 1.32. The molecule has 1 heteroatoms. The Labute approximate surface area is 121 Å². The Kier molecular flexibility index (Phi) is 5.61. The van der Waals surface area contributed by atoms with Gasteiger partial charge in [0.25, 0.3) is 0 Å². The average Bonchev–Trinajstić information content (AvgIpc) is 3.05. The van der Waals surface area contributed by atoms with Gasteiger partial charge in [0.2, 0.25) is 0 Å². The molecule has 0 radical (unpaired) electrons. The Morgan fingerprint density at radius 2 is 1.39 bits per heavy atom. The van der Waals surface area contributed by atoms with E-state index in [9.17, 15) is 0 Å². The molecule has 0 amide bonds. The maximum atomic E-state index is 2.31. The van der Waals surface area contributed by atoms with E-state index >= 15 is 0 Å². The fourth-order valence-corrected chi connectivity index (χ4v) is 4.80. The van der Waals surface area contributed by atoms with Crippen molar-refractivity contribution in [3.8, 4) is 0 Å². The Hall–Kier alpha value is -0.937. The van der Waals surface area contributed by atoms with Gasteiger partial charge in [-0.1, -0.05) is 35.9 Å². The minimum absolute atomic E-state index is 0.312. The van der Waals surface area contributed by atoms with Gasteiger partial charge < -0.3 is 0 Å². The molecule has 0 heterocycles. The first-order valence-electron chi connectivity index (χ1n) is 6.34. The molecule has 0 atom stereocenters. The van der Waals surface area contributed by atoms with Crippen LogP contribution in [0.4, 0.5) is 0 Å². The van der Waals surface area contributed by atoms with Crippen LogP contribution in [0.1, 0.15) is 18.4 Å². The smallest absolute Gasteiger partial charge is 0.0398 e. The van der Waals surface area contributed by atoms with E-state index in [1.165, 1.54) is 18.4 Å². The number of allylic oxidation sites excluding steroid dienone is 8. The van der Waals surface area contributed by atoms with E-state index in [2.05, 4.69) is 55.5 Å². The summed E-state index contributed by atoms with van der Waals surface area (Å²) >= 11 is -0.312. The van der Waals surface area contributed by atoms with Crippen molar-refractivity contribution < 1.29 is 23.2 Å². The van der Waals surface area contributed by atoms with E-state index in [-0.39, 0.29) is 23.2 Å². The minimum atomic E-state index is -0.312. The van der Waals surface area contributed by atoms with Crippen LogP contribution in [0.15, 0.2) is 73.3 Å². The molecule has 2 aliphatic carbocycles. The summed E-state index contributed by atoms with van der Waals surface area (Å²) in [5, 5.41) is 0. The molecule has 0 saturated heterocycles. The third kappa shape index (κ3) is 4.74. The normalized spacial score (nSPS) is 15.8. The van der Waals surface area contributed by atoms with Crippen LogP contribution in [0.5, 0.6) is 0 Å². The molecule has 2 aliphatic rings. The molecule has 0 aromatic heterocycles. The zero-order valence-corrected chi connectivity index (χ0v) is 13.2. The molecule has 3 rings (SSSR count). The van der Waals surface area contributed by atoms with E-state index in [1.54, 1.807) is 6.56 Å². The zero-order chi connectivity index (χ0) is 12.6. The molecule has 0 bridgehead atoms. The van der Waals surface area contributed by atoms with Gasteiger partial charge in [0.1, 0.15) is 0 Å². The molecule has 0 N–H and O–H groups in total. The summed E-state index contributed by atoms with van der Waals surface area (Å²) in [7, 11) is 0. The fourth-order valence-electron chi connectivity index (χ4n) is 1.82. The Morgan fingerprint density at radius 1 is 0.833 bits per heavy atom. The molecule has 0 unspecified atom stereocenters. The van der Waals surface area contributed by atoms with E-state index in [0.717, 1.165) is 0 Å². The summed E-state index contributed by atoms with van der Waals surface area (Å²) in [6, 6.07) is 10.3. The summed E-state index contributed by atoms with van der Waals surface area (Å²) in [4.78, 5) is 0. The number of aryl methyl sites for hydroxylation is 1. The molecule has 90 valence electrons. The van der Waals surface area contributed by atoms with Crippen LogP contribution in [0, 0.1) is 6.92 Å². The number of benzene rings is 1. The van der Waals surface area contributed by atoms with Crippen molar-refractivity contribution in [2.24, 2.45) is 0 Å². The predicted octanol–water partition coefficient (Wildman–Crippen LogP) is 4.75. The monoisotopic (exact) mass is 312 g/mol. The molecule has 0 spiro atoms. The molecule has 0 fully saturated rings. The van der Waals surface area contributed by atoms with E-state index in [0.29, 0.717) is 0 Å². The van der Waals surface area contributed by atoms with Gasteiger partial charge in [0.15, 0.2) is 0 Å². The van der Waals surface area contributed by atoms with E-state index in [1.807, 2.05) is 18.2 Å². The Morgan fingerprint density at radius 3 is 1.72 bits per heavy atom. The molecule has 1 aromatic carbocycles. The molecule has 0 saturated carbocycles. The van der Waals surface area contributed by atoms with E-state index in [4.69, 9.17) is 0 Å². The Bertz CT molecular complexity index is 462. The fraction of sp³-hybridized carbons (Fsp3) is 0.176. The van der Waals surface area contributed by atoms with Crippen molar-refractivity contribution in [3.05, 3.63) is 78.9 Å². The molecular formula is C17H18Zr. The van der Waals surface area contributed by atoms with Crippen LogP contribution in [0.2, 0.25) is 0 Å². The maximum absolute atomic E-state index is 2.31. The summed E-state index contributed by atoms with van der Waals surface area (Å²) < 4.78 is 3.45. The van der Waals surface area contributed by atoms with Crippen LogP contribution in [0.25, 0.3) is 0 Å². The average molecular weight is 314 g/mol. The minimum Gasteiger partial charge on any atom is -0.0622 e. The van der Waals surface area contributed by atoms with Gasteiger partial charge in [-0.05, 0) is 6.92 Å². The first-order chi connectivity index (χ1) is 8.84. The number of hydrogen-bond donors (Lipinski definition) is 0. The van der Waals surface area contributed by atoms with Crippen molar-refractivity contribution in [1.29, 1.82) is 0 Å².